The molecule has 4 amide bonds. The molecule has 2 atom stereocenters. The third-order valence-electron chi connectivity index (χ3n) is 7.57. The minimum absolute atomic E-state index is 0.0367. The Morgan fingerprint density at radius 2 is 1.53 bits per heavy atom. The summed E-state index contributed by atoms with van der Waals surface area (Å²) < 4.78 is 12.8. The molecule has 47 heavy (non-hydrogen) atoms. The topological polar surface area (TPSA) is 144 Å². The molecule has 3 N–H and O–H groups in total. The van der Waals surface area contributed by atoms with Crippen LogP contribution in [0.25, 0.3) is 0 Å². The number of carbonyl (C=O) groups is 4. The van der Waals surface area contributed by atoms with Gasteiger partial charge in [0.05, 0.1) is 19.5 Å². The van der Waals surface area contributed by atoms with E-state index in [9.17, 15) is 19.2 Å². The highest BCUT2D eigenvalue weighted by Gasteiger charge is 2.35. The molecule has 0 saturated carbocycles. The monoisotopic (exact) mass is 646 g/mol. The highest BCUT2D eigenvalue weighted by molar-refractivity contribution is 5.98. The zero-order valence-electron chi connectivity index (χ0n) is 27.8. The third kappa shape index (κ3) is 10.4. The molecular weight excluding hydrogens is 600 g/mol. The Labute approximate surface area is 276 Å². The summed E-state index contributed by atoms with van der Waals surface area (Å²) in [6.07, 6.45) is 5.38. The molecule has 3 aromatic rings. The fourth-order valence-corrected chi connectivity index (χ4v) is 5.13. The fraction of sp³-hybridized carbons (Fsp3) is 0.457. The molecule has 1 aliphatic rings. The van der Waals surface area contributed by atoms with Crippen molar-refractivity contribution in [2.45, 2.75) is 83.7 Å². The van der Waals surface area contributed by atoms with E-state index in [1.54, 1.807) is 31.5 Å². The Hall–Kier alpha value is -4.71. The van der Waals surface area contributed by atoms with E-state index in [2.05, 4.69) is 20.9 Å². The summed E-state index contributed by atoms with van der Waals surface area (Å²) in [6.45, 7) is 9.63. The van der Waals surface area contributed by atoms with Crippen molar-refractivity contribution in [3.05, 3.63) is 84.3 Å². The lowest BCUT2D eigenvalue weighted by Crippen LogP contribution is -2.59. The van der Waals surface area contributed by atoms with Crippen LogP contribution in [0.2, 0.25) is 0 Å². The Morgan fingerprint density at radius 1 is 0.894 bits per heavy atom. The van der Waals surface area contributed by atoms with E-state index in [0.29, 0.717) is 13.1 Å². The molecule has 0 radical (unpaired) electrons. The first kappa shape index (κ1) is 35.1. The minimum Gasteiger partial charge on any atom is -0.444 e. The molecular formula is C35H46N6O6. The molecule has 12 nitrogen and oxygen atoms in total. The summed E-state index contributed by atoms with van der Waals surface area (Å²) >= 11 is 0. The minimum atomic E-state index is -1.42. The van der Waals surface area contributed by atoms with E-state index in [-0.39, 0.29) is 24.9 Å². The maximum atomic E-state index is 13.7. The number of benzene rings is 2. The molecule has 4 rings (SSSR count). The van der Waals surface area contributed by atoms with Gasteiger partial charge in [-0.1, -0.05) is 60.7 Å². The average Bonchev–Trinajstić information content (AvgIpc) is 3.48. The summed E-state index contributed by atoms with van der Waals surface area (Å²) in [5, 5.41) is 8.03. The van der Waals surface area contributed by atoms with Crippen LogP contribution in [-0.2, 0) is 30.5 Å². The number of rotatable bonds is 12. The van der Waals surface area contributed by atoms with Gasteiger partial charge in [-0.2, -0.15) is 0 Å². The number of hydrogen-bond acceptors (Lipinski definition) is 7. The van der Waals surface area contributed by atoms with Gasteiger partial charge in [0.15, 0.2) is 5.82 Å². The number of likely N-dealkylation sites (tertiary alicyclic amines) is 1. The first-order chi connectivity index (χ1) is 22.3. The predicted octanol–water partition coefficient (Wildman–Crippen LogP) is 4.43. The van der Waals surface area contributed by atoms with E-state index in [1.807, 2.05) is 65.6 Å². The molecule has 252 valence electrons. The van der Waals surface area contributed by atoms with Gasteiger partial charge in [-0.25, -0.2) is 9.78 Å². The van der Waals surface area contributed by atoms with E-state index >= 15 is 0 Å². The van der Waals surface area contributed by atoms with E-state index < -0.39 is 41.1 Å². The Morgan fingerprint density at radius 3 is 2.17 bits per heavy atom. The highest BCUT2D eigenvalue weighted by atomic mass is 16.6. The molecule has 1 unspecified atom stereocenters. The molecule has 12 heteroatoms. The predicted molar refractivity (Wildman–Crippen MR) is 177 cm³/mol. The van der Waals surface area contributed by atoms with Crippen LogP contribution in [-0.4, -0.2) is 75.1 Å². The molecule has 2 heterocycles. The van der Waals surface area contributed by atoms with Crippen LogP contribution < -0.4 is 16.0 Å². The molecule has 0 bridgehead atoms. The number of hydrogen-bond donors (Lipinski definition) is 3. The van der Waals surface area contributed by atoms with Gasteiger partial charge in [0.25, 0.3) is 5.91 Å². The van der Waals surface area contributed by atoms with Crippen molar-refractivity contribution in [2.75, 3.05) is 25.0 Å². The summed E-state index contributed by atoms with van der Waals surface area (Å²) in [7, 11) is 0. The van der Waals surface area contributed by atoms with E-state index in [1.165, 1.54) is 20.2 Å². The van der Waals surface area contributed by atoms with Crippen molar-refractivity contribution in [3.8, 4) is 0 Å². The maximum Gasteiger partial charge on any atom is 0.408 e. The number of alkyl carbamates (subject to hydrolysis) is 1. The van der Waals surface area contributed by atoms with E-state index in [0.717, 1.165) is 30.4 Å². The molecule has 0 spiro atoms. The van der Waals surface area contributed by atoms with Crippen molar-refractivity contribution in [1.82, 2.24) is 25.1 Å². The van der Waals surface area contributed by atoms with Gasteiger partial charge < -0.3 is 34.9 Å². The van der Waals surface area contributed by atoms with Crippen LogP contribution in [0.3, 0.4) is 0 Å². The number of anilines is 1. The average molecular weight is 647 g/mol. The van der Waals surface area contributed by atoms with Crippen molar-refractivity contribution in [3.63, 3.8) is 0 Å². The Balaban J connectivity index is 1.50. The summed E-state index contributed by atoms with van der Waals surface area (Å²) in [4.78, 5) is 59.4. The Kier molecular flexibility index (Phi) is 11.8. The van der Waals surface area contributed by atoms with Gasteiger partial charge in [-0.3, -0.25) is 14.4 Å². The second kappa shape index (κ2) is 15.7. The second-order valence-corrected chi connectivity index (χ2v) is 13.2. The third-order valence-corrected chi connectivity index (χ3v) is 7.57. The first-order valence-corrected chi connectivity index (χ1v) is 15.9. The van der Waals surface area contributed by atoms with E-state index in [4.69, 9.17) is 9.47 Å². The molecule has 1 saturated heterocycles. The normalized spacial score (nSPS) is 14.9. The van der Waals surface area contributed by atoms with Crippen LogP contribution in [0.4, 0.5) is 10.6 Å². The van der Waals surface area contributed by atoms with Crippen LogP contribution in [0.15, 0.2) is 73.2 Å². The number of nitrogens with zero attached hydrogens (tertiary/aromatic N) is 3. The van der Waals surface area contributed by atoms with Crippen molar-refractivity contribution in [2.24, 2.45) is 0 Å². The van der Waals surface area contributed by atoms with Crippen molar-refractivity contribution >= 4 is 29.6 Å². The smallest absolute Gasteiger partial charge is 0.408 e. The number of piperidine rings is 1. The quantitative estimate of drug-likeness (QED) is 0.264. The zero-order valence-corrected chi connectivity index (χ0v) is 27.8. The van der Waals surface area contributed by atoms with Gasteiger partial charge in [-0.15, -0.1) is 0 Å². The SMILES string of the molecule is CC(C)(C)OC(=O)NC(C)(C)C(=O)N[C@H](COCc1ccccc1)C(=O)Nc1cn(C(C(=O)N2CCCCC2)c2ccccc2)cn1. The first-order valence-electron chi connectivity index (χ1n) is 15.9. The fourth-order valence-electron chi connectivity index (χ4n) is 5.13. The van der Waals surface area contributed by atoms with Gasteiger partial charge in [0.1, 0.15) is 23.2 Å². The summed E-state index contributed by atoms with van der Waals surface area (Å²) in [5.41, 5.74) is -0.475. The lowest BCUT2D eigenvalue weighted by Gasteiger charge is -2.31. The van der Waals surface area contributed by atoms with Crippen molar-refractivity contribution in [1.29, 1.82) is 0 Å². The van der Waals surface area contributed by atoms with Crippen LogP contribution in [0.5, 0.6) is 0 Å². The molecule has 1 fully saturated rings. The molecule has 2 aromatic carbocycles. The van der Waals surface area contributed by atoms with Crippen LogP contribution >= 0.6 is 0 Å². The lowest BCUT2D eigenvalue weighted by atomic mass is 10.0. The number of aromatic nitrogens is 2. The van der Waals surface area contributed by atoms with Gasteiger partial charge >= 0.3 is 6.09 Å². The molecule has 1 aromatic heterocycles. The number of ether oxygens (including phenoxy) is 2. The van der Waals surface area contributed by atoms with Crippen LogP contribution in [0.1, 0.15) is 71.0 Å². The lowest BCUT2D eigenvalue weighted by molar-refractivity contribution is -0.134. The zero-order chi connectivity index (χ0) is 34.0. The number of imidazole rings is 1. The molecule has 1 aliphatic heterocycles. The largest absolute Gasteiger partial charge is 0.444 e. The second-order valence-electron chi connectivity index (χ2n) is 13.2. The van der Waals surface area contributed by atoms with Crippen LogP contribution in [0, 0.1) is 0 Å². The number of amides is 4. The maximum absolute atomic E-state index is 13.7. The summed E-state index contributed by atoms with van der Waals surface area (Å²) in [5.74, 6) is -1.03. The molecule has 0 aliphatic carbocycles. The van der Waals surface area contributed by atoms with Gasteiger partial charge in [0.2, 0.25) is 11.8 Å². The number of nitrogens with one attached hydrogen (secondary N) is 3. The Bertz CT molecular complexity index is 1500. The van der Waals surface area contributed by atoms with Gasteiger partial charge in [0, 0.05) is 19.3 Å². The summed E-state index contributed by atoms with van der Waals surface area (Å²) in [6, 6.07) is 17.1. The van der Waals surface area contributed by atoms with Crippen molar-refractivity contribution < 1.29 is 28.7 Å². The highest BCUT2D eigenvalue weighted by Crippen LogP contribution is 2.24. The number of carbonyl (C=O) groups excluding carboxylic acids is 4. The standard InChI is InChI=1S/C35H46N6O6/c1-34(2,3)47-33(45)39-35(4,5)32(44)37-27(23-46-22-25-15-9-6-10-16-25)30(42)38-28-21-41(24-36-28)29(26-17-11-7-12-18-26)31(43)40-19-13-8-14-20-40/h6-7,9-12,15-18,21,24,27,29H,8,13-14,19-20,22-23H2,1-5H3,(H,37,44)(H,38,42)(H,39,45)/t27-,29?/m1/s1. The van der Waals surface area contributed by atoms with Gasteiger partial charge in [-0.05, 0) is 65.0 Å².